The van der Waals surface area contributed by atoms with E-state index >= 15 is 0 Å². The van der Waals surface area contributed by atoms with E-state index in [9.17, 15) is 9.59 Å². The first-order chi connectivity index (χ1) is 12.6. The fraction of sp³-hybridized carbons (Fsp3) is 0.150. The number of ether oxygens (including phenoxy) is 2. The van der Waals surface area contributed by atoms with E-state index in [1.807, 2.05) is 0 Å². The second kappa shape index (κ2) is 7.23. The normalized spacial score (nSPS) is 10.5. The van der Waals surface area contributed by atoms with Crippen LogP contribution < -0.4 is 15.0 Å². The van der Waals surface area contributed by atoms with Gasteiger partial charge in [0.1, 0.15) is 5.75 Å². The van der Waals surface area contributed by atoms with Crippen molar-refractivity contribution in [3.8, 4) is 17.2 Å². The van der Waals surface area contributed by atoms with Crippen molar-refractivity contribution in [1.82, 2.24) is 9.55 Å². The Kier molecular flexibility index (Phi) is 4.84. The van der Waals surface area contributed by atoms with E-state index in [4.69, 9.17) is 9.47 Å². The molecule has 0 radical (unpaired) electrons. The second-order valence-electron chi connectivity index (χ2n) is 5.61. The molecule has 0 amide bonds. The van der Waals surface area contributed by atoms with Gasteiger partial charge in [-0.2, -0.15) is 0 Å². The Bertz CT molecular complexity index is 1040. The van der Waals surface area contributed by atoms with Crippen molar-refractivity contribution in [2.75, 3.05) is 7.11 Å². The third kappa shape index (κ3) is 3.09. The Balaban J connectivity index is 2.39. The third-order valence-corrected chi connectivity index (χ3v) is 3.90. The molecule has 0 atom stereocenters. The van der Waals surface area contributed by atoms with Gasteiger partial charge in [-0.3, -0.25) is 14.2 Å². The van der Waals surface area contributed by atoms with Crippen molar-refractivity contribution in [3.05, 3.63) is 71.2 Å². The molecule has 0 unspecified atom stereocenters. The molecule has 26 heavy (non-hydrogen) atoms. The predicted octanol–water partition coefficient (Wildman–Crippen LogP) is 3.05. The van der Waals surface area contributed by atoms with Crippen LogP contribution in [0.25, 0.3) is 16.7 Å². The van der Waals surface area contributed by atoms with Crippen LogP contribution in [0.5, 0.6) is 11.5 Å². The average molecular weight is 350 g/mol. The molecule has 0 aliphatic carbocycles. The summed E-state index contributed by atoms with van der Waals surface area (Å²) in [7, 11) is 1.58. The lowest BCUT2D eigenvalue weighted by molar-refractivity contribution is -0.131. The molecule has 0 bridgehead atoms. The van der Waals surface area contributed by atoms with Gasteiger partial charge in [-0.1, -0.05) is 6.08 Å². The van der Waals surface area contributed by atoms with Gasteiger partial charge in [0.05, 0.1) is 23.7 Å². The predicted molar refractivity (Wildman–Crippen MR) is 99.1 cm³/mol. The molecule has 132 valence electrons. The van der Waals surface area contributed by atoms with Gasteiger partial charge in [0.2, 0.25) is 0 Å². The number of benzene rings is 1. The first-order valence-electron chi connectivity index (χ1n) is 8.03. The van der Waals surface area contributed by atoms with E-state index in [2.05, 4.69) is 11.6 Å². The lowest BCUT2D eigenvalue weighted by atomic mass is 10.1. The summed E-state index contributed by atoms with van der Waals surface area (Å²) in [5.74, 6) is 0.416. The zero-order valence-corrected chi connectivity index (χ0v) is 14.6. The zero-order valence-electron chi connectivity index (χ0n) is 14.6. The number of carbonyl (C=O) groups is 1. The number of pyridine rings is 2. The van der Waals surface area contributed by atoms with E-state index < -0.39 is 5.97 Å². The topological polar surface area (TPSA) is 70.4 Å². The molecule has 0 saturated heterocycles. The van der Waals surface area contributed by atoms with Gasteiger partial charge in [0.25, 0.3) is 5.56 Å². The van der Waals surface area contributed by atoms with Crippen molar-refractivity contribution < 1.29 is 14.3 Å². The maximum atomic E-state index is 13.2. The van der Waals surface area contributed by atoms with Gasteiger partial charge in [-0.05, 0) is 42.8 Å². The number of esters is 1. The highest BCUT2D eigenvalue weighted by Crippen LogP contribution is 2.29. The summed E-state index contributed by atoms with van der Waals surface area (Å²) in [6.45, 7) is 5.00. The van der Waals surface area contributed by atoms with Gasteiger partial charge in [-0.15, -0.1) is 6.58 Å². The van der Waals surface area contributed by atoms with Crippen molar-refractivity contribution >= 4 is 17.0 Å². The van der Waals surface area contributed by atoms with Crippen LogP contribution in [0.1, 0.15) is 12.5 Å². The number of fused-ring (bicyclic) bond motifs is 1. The van der Waals surface area contributed by atoms with Crippen LogP contribution in [-0.2, 0) is 11.2 Å². The molecule has 2 heterocycles. The maximum absolute atomic E-state index is 13.2. The fourth-order valence-corrected chi connectivity index (χ4v) is 2.80. The first-order valence-corrected chi connectivity index (χ1v) is 8.03. The average Bonchev–Trinajstić information content (AvgIpc) is 2.65. The minimum Gasteiger partial charge on any atom is -0.497 e. The second-order valence-corrected chi connectivity index (χ2v) is 5.61. The fourth-order valence-electron chi connectivity index (χ4n) is 2.80. The number of rotatable bonds is 5. The quantitative estimate of drug-likeness (QED) is 0.522. The van der Waals surface area contributed by atoms with Crippen LogP contribution in [-0.4, -0.2) is 22.6 Å². The molecule has 3 aromatic rings. The van der Waals surface area contributed by atoms with Crippen molar-refractivity contribution in [2.24, 2.45) is 0 Å². The molecule has 0 saturated carbocycles. The third-order valence-electron chi connectivity index (χ3n) is 3.90. The van der Waals surface area contributed by atoms with Crippen LogP contribution in [0.2, 0.25) is 0 Å². The van der Waals surface area contributed by atoms with E-state index in [0.717, 1.165) is 0 Å². The van der Waals surface area contributed by atoms with Gasteiger partial charge in [0.15, 0.2) is 11.4 Å². The summed E-state index contributed by atoms with van der Waals surface area (Å²) in [5.41, 5.74) is 1.09. The van der Waals surface area contributed by atoms with Crippen LogP contribution >= 0.6 is 0 Å². The molecule has 0 aliphatic heterocycles. The van der Waals surface area contributed by atoms with E-state index in [1.165, 1.54) is 11.5 Å². The highest BCUT2D eigenvalue weighted by Gasteiger charge is 2.20. The number of methoxy groups -OCH3 is 1. The van der Waals surface area contributed by atoms with Crippen LogP contribution in [0.15, 0.2) is 60.0 Å². The molecule has 0 N–H and O–H groups in total. The minimum absolute atomic E-state index is 0.232. The summed E-state index contributed by atoms with van der Waals surface area (Å²) in [6.07, 6.45) is 3.46. The van der Waals surface area contributed by atoms with Crippen LogP contribution in [0.4, 0.5) is 0 Å². The molecule has 6 heteroatoms. The Morgan fingerprint density at radius 3 is 2.62 bits per heavy atom. The summed E-state index contributed by atoms with van der Waals surface area (Å²) in [4.78, 5) is 29.1. The molecule has 0 spiro atoms. The Morgan fingerprint density at radius 2 is 2.00 bits per heavy atom. The molecule has 3 rings (SSSR count). The molecule has 0 fully saturated rings. The SMILES string of the molecule is C=CCc1c(OC(C)=O)c2cccnc2n(-c2ccc(OC)cc2)c1=O. The number of allylic oxidation sites excluding steroid dienone is 1. The molecular formula is C20H18N2O4. The van der Waals surface area contributed by atoms with Gasteiger partial charge < -0.3 is 9.47 Å². The highest BCUT2D eigenvalue weighted by atomic mass is 16.5. The lowest BCUT2D eigenvalue weighted by Gasteiger charge is -2.16. The van der Waals surface area contributed by atoms with Gasteiger partial charge in [0, 0.05) is 13.1 Å². The molecular weight excluding hydrogens is 332 g/mol. The van der Waals surface area contributed by atoms with E-state index in [1.54, 1.807) is 55.8 Å². The molecule has 2 aromatic heterocycles. The smallest absolute Gasteiger partial charge is 0.308 e. The van der Waals surface area contributed by atoms with Crippen LogP contribution in [0.3, 0.4) is 0 Å². The molecule has 6 nitrogen and oxygen atoms in total. The standard InChI is InChI=1S/C20H18N2O4/c1-4-6-17-18(26-13(2)23)16-7-5-12-21-19(16)22(20(17)24)14-8-10-15(25-3)11-9-14/h4-5,7-12H,1,6H2,2-3H3. The number of nitrogens with zero attached hydrogens (tertiary/aromatic N) is 2. The largest absolute Gasteiger partial charge is 0.497 e. The monoisotopic (exact) mass is 350 g/mol. The Hall–Kier alpha value is -3.41. The maximum Gasteiger partial charge on any atom is 0.308 e. The number of hydrogen-bond acceptors (Lipinski definition) is 5. The van der Waals surface area contributed by atoms with E-state index in [-0.39, 0.29) is 17.7 Å². The summed E-state index contributed by atoms with van der Waals surface area (Å²) in [5, 5.41) is 0.579. The van der Waals surface area contributed by atoms with Gasteiger partial charge >= 0.3 is 5.97 Å². The molecule has 0 aliphatic rings. The minimum atomic E-state index is -0.498. The van der Waals surface area contributed by atoms with Crippen molar-refractivity contribution in [3.63, 3.8) is 0 Å². The van der Waals surface area contributed by atoms with Crippen molar-refractivity contribution in [1.29, 1.82) is 0 Å². The Labute approximate surface area is 150 Å². The number of carbonyl (C=O) groups excluding carboxylic acids is 1. The Morgan fingerprint density at radius 1 is 1.27 bits per heavy atom. The highest BCUT2D eigenvalue weighted by molar-refractivity contribution is 5.87. The van der Waals surface area contributed by atoms with Gasteiger partial charge in [-0.25, -0.2) is 4.98 Å². The summed E-state index contributed by atoms with van der Waals surface area (Å²) < 4.78 is 12.0. The van der Waals surface area contributed by atoms with Crippen molar-refractivity contribution in [2.45, 2.75) is 13.3 Å². The summed E-state index contributed by atoms with van der Waals surface area (Å²) >= 11 is 0. The first kappa shape index (κ1) is 17.4. The summed E-state index contributed by atoms with van der Waals surface area (Å²) in [6, 6.07) is 10.6. The number of hydrogen-bond donors (Lipinski definition) is 0. The molecule has 1 aromatic carbocycles. The zero-order chi connectivity index (χ0) is 18.7. The van der Waals surface area contributed by atoms with Crippen LogP contribution in [0, 0.1) is 0 Å². The lowest BCUT2D eigenvalue weighted by Crippen LogP contribution is -2.25. The van der Waals surface area contributed by atoms with E-state index in [0.29, 0.717) is 28.0 Å². The number of aromatic nitrogens is 2.